The van der Waals surface area contributed by atoms with Crippen LogP contribution in [0.2, 0.25) is 0 Å². The summed E-state index contributed by atoms with van der Waals surface area (Å²) in [6.07, 6.45) is 6.78. The highest BCUT2D eigenvalue weighted by atomic mass is 16.1. The molecule has 1 aliphatic heterocycles. The van der Waals surface area contributed by atoms with Crippen molar-refractivity contribution < 1.29 is 4.79 Å². The number of hydrogen-bond acceptors (Lipinski definition) is 4. The van der Waals surface area contributed by atoms with Crippen LogP contribution in [0.4, 0.5) is 5.82 Å². The van der Waals surface area contributed by atoms with Crippen LogP contribution in [-0.2, 0) is 24.2 Å². The number of carbonyl (C=O) groups is 1. The van der Waals surface area contributed by atoms with Gasteiger partial charge in [0, 0.05) is 49.4 Å². The molecule has 2 aromatic rings. The maximum absolute atomic E-state index is 12.6. The van der Waals surface area contributed by atoms with Gasteiger partial charge in [0.2, 0.25) is 5.91 Å². The fourth-order valence-electron chi connectivity index (χ4n) is 3.96. The Kier molecular flexibility index (Phi) is 4.42. The molecule has 0 aromatic carbocycles. The molecule has 4 rings (SSSR count). The van der Waals surface area contributed by atoms with Crippen molar-refractivity contribution in [2.45, 2.75) is 45.6 Å². The van der Waals surface area contributed by atoms with E-state index in [1.165, 1.54) is 12.8 Å². The maximum atomic E-state index is 12.6. The molecule has 1 aliphatic carbocycles. The first-order valence-corrected chi connectivity index (χ1v) is 9.21. The SMILES string of the molecule is Cc1nc2c([nH]1)CC(C(=O)NCc1cccnc1N1CCCC1)CC2. The zero-order chi connectivity index (χ0) is 17.2. The topological polar surface area (TPSA) is 73.9 Å². The monoisotopic (exact) mass is 339 g/mol. The quantitative estimate of drug-likeness (QED) is 0.895. The van der Waals surface area contributed by atoms with Crippen LogP contribution in [0.1, 0.15) is 42.0 Å². The molecule has 6 heteroatoms. The second-order valence-corrected chi connectivity index (χ2v) is 7.09. The van der Waals surface area contributed by atoms with Gasteiger partial charge < -0.3 is 15.2 Å². The molecule has 1 amide bonds. The number of nitrogens with one attached hydrogen (secondary N) is 2. The van der Waals surface area contributed by atoms with E-state index in [1.807, 2.05) is 19.2 Å². The van der Waals surface area contributed by atoms with Gasteiger partial charge in [-0.1, -0.05) is 6.07 Å². The Labute approximate surface area is 148 Å². The van der Waals surface area contributed by atoms with Crippen molar-refractivity contribution in [2.24, 2.45) is 5.92 Å². The van der Waals surface area contributed by atoms with Crippen LogP contribution in [0.3, 0.4) is 0 Å². The first kappa shape index (κ1) is 16.1. The molecule has 6 nitrogen and oxygen atoms in total. The lowest BCUT2D eigenvalue weighted by Gasteiger charge is -2.22. The van der Waals surface area contributed by atoms with E-state index in [9.17, 15) is 4.79 Å². The molecule has 1 saturated heterocycles. The van der Waals surface area contributed by atoms with Gasteiger partial charge in [0.1, 0.15) is 11.6 Å². The molecule has 0 bridgehead atoms. The predicted octanol–water partition coefficient (Wildman–Crippen LogP) is 2.13. The number of anilines is 1. The first-order chi connectivity index (χ1) is 12.2. The number of aromatic nitrogens is 3. The fourth-order valence-corrected chi connectivity index (χ4v) is 3.96. The smallest absolute Gasteiger partial charge is 0.223 e. The number of rotatable bonds is 4. The molecular weight excluding hydrogens is 314 g/mol. The highest BCUT2D eigenvalue weighted by Gasteiger charge is 2.27. The van der Waals surface area contributed by atoms with E-state index >= 15 is 0 Å². The van der Waals surface area contributed by atoms with Crippen LogP contribution < -0.4 is 10.2 Å². The average molecular weight is 339 g/mol. The fraction of sp³-hybridized carbons (Fsp3) is 0.526. The summed E-state index contributed by atoms with van der Waals surface area (Å²) in [5.74, 6) is 2.13. The minimum Gasteiger partial charge on any atom is -0.356 e. The maximum Gasteiger partial charge on any atom is 0.223 e. The van der Waals surface area contributed by atoms with Gasteiger partial charge in [-0.2, -0.15) is 0 Å². The molecule has 0 radical (unpaired) electrons. The lowest BCUT2D eigenvalue weighted by molar-refractivity contribution is -0.125. The number of imidazole rings is 1. The van der Waals surface area contributed by atoms with Gasteiger partial charge >= 0.3 is 0 Å². The molecule has 0 saturated carbocycles. The number of pyridine rings is 1. The standard InChI is InChI=1S/C19H25N5O/c1-13-22-16-7-6-14(11-17(16)23-13)19(25)21-12-15-5-4-8-20-18(15)24-9-2-3-10-24/h4-5,8,14H,2-3,6-7,9-12H2,1H3,(H,21,25)(H,22,23). The Balaban J connectivity index is 1.39. The Hall–Kier alpha value is -2.37. The number of aromatic amines is 1. The van der Waals surface area contributed by atoms with E-state index in [0.717, 1.165) is 60.9 Å². The lowest BCUT2D eigenvalue weighted by Crippen LogP contribution is -2.34. The summed E-state index contributed by atoms with van der Waals surface area (Å²) >= 11 is 0. The summed E-state index contributed by atoms with van der Waals surface area (Å²) in [4.78, 5) is 27.3. The van der Waals surface area contributed by atoms with Crippen molar-refractivity contribution in [3.8, 4) is 0 Å². The molecule has 25 heavy (non-hydrogen) atoms. The molecule has 1 fully saturated rings. The molecule has 2 N–H and O–H groups in total. The number of carbonyl (C=O) groups excluding carboxylic acids is 1. The lowest BCUT2D eigenvalue weighted by atomic mass is 9.89. The minimum atomic E-state index is 0.0271. The minimum absolute atomic E-state index is 0.0271. The third-order valence-electron chi connectivity index (χ3n) is 5.26. The number of amides is 1. The third kappa shape index (κ3) is 3.38. The van der Waals surface area contributed by atoms with Crippen molar-refractivity contribution in [1.29, 1.82) is 0 Å². The number of fused-ring (bicyclic) bond motifs is 1. The van der Waals surface area contributed by atoms with Crippen molar-refractivity contribution in [3.05, 3.63) is 41.1 Å². The van der Waals surface area contributed by atoms with Crippen LogP contribution in [0, 0.1) is 12.8 Å². The average Bonchev–Trinajstić information content (AvgIpc) is 3.27. The van der Waals surface area contributed by atoms with Crippen molar-refractivity contribution in [3.63, 3.8) is 0 Å². The van der Waals surface area contributed by atoms with Gasteiger partial charge in [-0.05, 0) is 38.7 Å². The molecule has 1 atom stereocenters. The Morgan fingerprint density at radius 2 is 2.24 bits per heavy atom. The van der Waals surface area contributed by atoms with E-state index in [-0.39, 0.29) is 11.8 Å². The van der Waals surface area contributed by atoms with E-state index in [1.54, 1.807) is 0 Å². The molecule has 2 aliphatic rings. The highest BCUT2D eigenvalue weighted by Crippen LogP contribution is 2.25. The molecular formula is C19H25N5O. The van der Waals surface area contributed by atoms with Crippen LogP contribution >= 0.6 is 0 Å². The van der Waals surface area contributed by atoms with Gasteiger partial charge in [0.15, 0.2) is 0 Å². The van der Waals surface area contributed by atoms with Crippen molar-refractivity contribution in [1.82, 2.24) is 20.3 Å². The number of hydrogen-bond donors (Lipinski definition) is 2. The molecule has 132 valence electrons. The first-order valence-electron chi connectivity index (χ1n) is 9.21. The summed E-state index contributed by atoms with van der Waals surface area (Å²) in [5.41, 5.74) is 3.36. The summed E-state index contributed by atoms with van der Waals surface area (Å²) in [7, 11) is 0. The second kappa shape index (κ2) is 6.86. The Morgan fingerprint density at radius 3 is 3.08 bits per heavy atom. The van der Waals surface area contributed by atoms with Crippen molar-refractivity contribution >= 4 is 11.7 Å². The second-order valence-electron chi connectivity index (χ2n) is 7.09. The zero-order valence-electron chi connectivity index (χ0n) is 14.7. The molecule has 1 unspecified atom stereocenters. The summed E-state index contributed by atoms with van der Waals surface area (Å²) < 4.78 is 0. The number of aryl methyl sites for hydroxylation is 2. The molecule has 3 heterocycles. The summed E-state index contributed by atoms with van der Waals surface area (Å²) in [6.45, 7) is 4.63. The normalized spacial score (nSPS) is 19.7. The van der Waals surface area contributed by atoms with Crippen LogP contribution in [0.25, 0.3) is 0 Å². The zero-order valence-corrected chi connectivity index (χ0v) is 14.7. The summed E-state index contributed by atoms with van der Waals surface area (Å²) in [6, 6.07) is 4.01. The Bertz CT molecular complexity index is 763. The van der Waals surface area contributed by atoms with Gasteiger partial charge in [-0.25, -0.2) is 9.97 Å². The van der Waals surface area contributed by atoms with Crippen LogP contribution in [0.5, 0.6) is 0 Å². The predicted molar refractivity (Wildman–Crippen MR) is 96.4 cm³/mol. The number of H-pyrrole nitrogens is 1. The molecule has 0 spiro atoms. The van der Waals surface area contributed by atoms with E-state index in [2.05, 4.69) is 31.2 Å². The van der Waals surface area contributed by atoms with E-state index < -0.39 is 0 Å². The van der Waals surface area contributed by atoms with Crippen molar-refractivity contribution in [2.75, 3.05) is 18.0 Å². The molecule has 2 aromatic heterocycles. The van der Waals surface area contributed by atoms with Gasteiger partial charge in [0.05, 0.1) is 5.69 Å². The third-order valence-corrected chi connectivity index (χ3v) is 5.26. The van der Waals surface area contributed by atoms with E-state index in [0.29, 0.717) is 6.54 Å². The van der Waals surface area contributed by atoms with Crippen LogP contribution in [0.15, 0.2) is 18.3 Å². The van der Waals surface area contributed by atoms with Gasteiger partial charge in [0.25, 0.3) is 0 Å². The summed E-state index contributed by atoms with van der Waals surface area (Å²) in [5, 5.41) is 3.13. The highest BCUT2D eigenvalue weighted by molar-refractivity contribution is 5.79. The van der Waals surface area contributed by atoms with Crippen LogP contribution in [-0.4, -0.2) is 33.9 Å². The van der Waals surface area contributed by atoms with Gasteiger partial charge in [-0.15, -0.1) is 0 Å². The van der Waals surface area contributed by atoms with E-state index in [4.69, 9.17) is 0 Å². The Morgan fingerprint density at radius 1 is 1.40 bits per heavy atom. The number of nitrogens with zero attached hydrogens (tertiary/aromatic N) is 3. The largest absolute Gasteiger partial charge is 0.356 e. The van der Waals surface area contributed by atoms with Gasteiger partial charge in [-0.3, -0.25) is 4.79 Å².